The largest absolute Gasteiger partial charge is 0.330 e. The lowest BCUT2D eigenvalue weighted by atomic mass is 9.88. The molecule has 1 aromatic rings. The normalized spacial score (nSPS) is 24.8. The fourth-order valence-corrected chi connectivity index (χ4v) is 5.10. The molecular formula is C13H18Cl2N2O2S. The molecule has 1 saturated heterocycles. The third kappa shape index (κ3) is 2.97. The average molecular weight is 337 g/mol. The first kappa shape index (κ1) is 16.0. The molecule has 2 atom stereocenters. The van der Waals surface area contributed by atoms with Gasteiger partial charge in [-0.1, -0.05) is 36.2 Å². The molecule has 0 spiro atoms. The van der Waals surface area contributed by atoms with E-state index in [9.17, 15) is 8.42 Å². The number of hydrogen-bond acceptors (Lipinski definition) is 3. The quantitative estimate of drug-likeness (QED) is 0.922. The molecule has 0 radical (unpaired) electrons. The predicted octanol–water partition coefficient (Wildman–Crippen LogP) is 2.60. The van der Waals surface area contributed by atoms with Crippen LogP contribution in [-0.4, -0.2) is 32.4 Å². The fraction of sp³-hybridized carbons (Fsp3) is 0.538. The van der Waals surface area contributed by atoms with E-state index in [0.717, 1.165) is 6.42 Å². The van der Waals surface area contributed by atoms with Crippen molar-refractivity contribution < 1.29 is 8.42 Å². The second-order valence-electron chi connectivity index (χ2n) is 5.18. The zero-order chi connectivity index (χ0) is 14.9. The van der Waals surface area contributed by atoms with Crippen molar-refractivity contribution in [3.05, 3.63) is 28.2 Å². The standard InChI is InChI=1S/C13H18Cl2N2O2S/c1-9-5-6-17(8-10(9)7-16)20(18,19)13-11(14)3-2-4-12(13)15/h2-4,9-10H,5-8,16H2,1H3. The Hall–Kier alpha value is -0.330. The number of halogens is 2. The summed E-state index contributed by atoms with van der Waals surface area (Å²) in [5.41, 5.74) is 5.72. The van der Waals surface area contributed by atoms with Gasteiger partial charge in [0.25, 0.3) is 0 Å². The molecule has 7 heteroatoms. The van der Waals surface area contributed by atoms with Gasteiger partial charge in [0, 0.05) is 13.1 Å². The Labute approximate surface area is 129 Å². The van der Waals surface area contributed by atoms with Gasteiger partial charge in [-0.3, -0.25) is 0 Å². The second kappa shape index (κ2) is 6.20. The number of benzene rings is 1. The third-order valence-corrected chi connectivity index (χ3v) is 6.72. The Kier molecular flexibility index (Phi) is 4.97. The molecule has 1 aliphatic heterocycles. The van der Waals surface area contributed by atoms with Crippen molar-refractivity contribution in [2.45, 2.75) is 18.2 Å². The first-order valence-electron chi connectivity index (χ1n) is 6.52. The molecule has 20 heavy (non-hydrogen) atoms. The lowest BCUT2D eigenvalue weighted by molar-refractivity contribution is 0.203. The maximum atomic E-state index is 12.7. The van der Waals surface area contributed by atoms with Crippen LogP contribution in [0.25, 0.3) is 0 Å². The van der Waals surface area contributed by atoms with Crippen molar-refractivity contribution in [1.82, 2.24) is 4.31 Å². The monoisotopic (exact) mass is 336 g/mol. The van der Waals surface area contributed by atoms with Crippen molar-refractivity contribution in [3.63, 3.8) is 0 Å². The van der Waals surface area contributed by atoms with Crippen LogP contribution in [0.3, 0.4) is 0 Å². The van der Waals surface area contributed by atoms with Crippen molar-refractivity contribution in [3.8, 4) is 0 Å². The van der Waals surface area contributed by atoms with E-state index in [2.05, 4.69) is 6.92 Å². The van der Waals surface area contributed by atoms with Gasteiger partial charge in [-0.25, -0.2) is 8.42 Å². The topological polar surface area (TPSA) is 63.4 Å². The molecule has 0 amide bonds. The van der Waals surface area contributed by atoms with Gasteiger partial charge in [-0.05, 0) is 36.9 Å². The molecule has 1 fully saturated rings. The van der Waals surface area contributed by atoms with Crippen LogP contribution in [0.2, 0.25) is 10.0 Å². The van der Waals surface area contributed by atoms with Gasteiger partial charge in [0.2, 0.25) is 10.0 Å². The van der Waals surface area contributed by atoms with Crippen LogP contribution in [0, 0.1) is 11.8 Å². The van der Waals surface area contributed by atoms with E-state index < -0.39 is 10.0 Å². The molecule has 1 aromatic carbocycles. The van der Waals surface area contributed by atoms with E-state index in [4.69, 9.17) is 28.9 Å². The summed E-state index contributed by atoms with van der Waals surface area (Å²) in [6.45, 7) is 3.47. The van der Waals surface area contributed by atoms with Gasteiger partial charge in [0.15, 0.2) is 0 Å². The Balaban J connectivity index is 2.36. The molecule has 4 nitrogen and oxygen atoms in total. The van der Waals surface area contributed by atoms with Crippen molar-refractivity contribution in [1.29, 1.82) is 0 Å². The van der Waals surface area contributed by atoms with Crippen LogP contribution in [0.4, 0.5) is 0 Å². The molecule has 2 unspecified atom stereocenters. The van der Waals surface area contributed by atoms with Crippen LogP contribution < -0.4 is 5.73 Å². The minimum absolute atomic E-state index is 0.00587. The number of piperidine rings is 1. The SMILES string of the molecule is CC1CCN(S(=O)(=O)c2c(Cl)cccc2Cl)CC1CN. The molecule has 1 aliphatic rings. The maximum Gasteiger partial charge on any atom is 0.246 e. The Morgan fingerprint density at radius 3 is 2.50 bits per heavy atom. The van der Waals surface area contributed by atoms with E-state index >= 15 is 0 Å². The van der Waals surface area contributed by atoms with Gasteiger partial charge >= 0.3 is 0 Å². The molecular weight excluding hydrogens is 319 g/mol. The highest BCUT2D eigenvalue weighted by Gasteiger charge is 2.35. The Morgan fingerprint density at radius 1 is 1.35 bits per heavy atom. The first-order chi connectivity index (χ1) is 9.37. The van der Waals surface area contributed by atoms with Crippen LogP contribution >= 0.6 is 23.2 Å². The summed E-state index contributed by atoms with van der Waals surface area (Å²) in [4.78, 5) is -0.00587. The fourth-order valence-electron chi connectivity index (χ4n) is 2.50. The predicted molar refractivity (Wildman–Crippen MR) is 81.5 cm³/mol. The molecule has 0 saturated carbocycles. The average Bonchev–Trinajstić information content (AvgIpc) is 2.38. The molecule has 2 rings (SSSR count). The molecule has 0 aliphatic carbocycles. The van der Waals surface area contributed by atoms with Crippen LogP contribution in [0.5, 0.6) is 0 Å². The van der Waals surface area contributed by atoms with Gasteiger partial charge in [-0.2, -0.15) is 4.31 Å². The number of hydrogen-bond donors (Lipinski definition) is 1. The highest BCUT2D eigenvalue weighted by molar-refractivity contribution is 7.89. The second-order valence-corrected chi connectivity index (χ2v) is 7.86. The Morgan fingerprint density at radius 2 is 1.95 bits per heavy atom. The van der Waals surface area contributed by atoms with Crippen LogP contribution in [-0.2, 0) is 10.0 Å². The molecule has 1 heterocycles. The van der Waals surface area contributed by atoms with E-state index in [1.165, 1.54) is 16.4 Å². The lowest BCUT2D eigenvalue weighted by Gasteiger charge is -2.35. The summed E-state index contributed by atoms with van der Waals surface area (Å²) in [5, 5.41) is 0.306. The highest BCUT2D eigenvalue weighted by atomic mass is 35.5. The van der Waals surface area contributed by atoms with Gasteiger partial charge in [-0.15, -0.1) is 0 Å². The van der Waals surface area contributed by atoms with E-state index in [1.807, 2.05) is 0 Å². The minimum Gasteiger partial charge on any atom is -0.330 e. The number of rotatable bonds is 3. The van der Waals surface area contributed by atoms with Gasteiger partial charge in [0.05, 0.1) is 10.0 Å². The van der Waals surface area contributed by atoms with E-state index in [-0.39, 0.29) is 20.9 Å². The summed E-state index contributed by atoms with van der Waals surface area (Å²) in [6, 6.07) is 4.70. The molecule has 0 bridgehead atoms. The van der Waals surface area contributed by atoms with Crippen molar-refractivity contribution in [2.75, 3.05) is 19.6 Å². The minimum atomic E-state index is -3.68. The van der Waals surface area contributed by atoms with Gasteiger partial charge < -0.3 is 5.73 Å². The molecule has 112 valence electrons. The maximum absolute atomic E-state index is 12.7. The number of nitrogens with zero attached hydrogens (tertiary/aromatic N) is 1. The number of sulfonamides is 1. The Bertz CT molecular complexity index is 572. The number of nitrogens with two attached hydrogens (primary N) is 1. The van der Waals surface area contributed by atoms with Gasteiger partial charge in [0.1, 0.15) is 4.90 Å². The third-order valence-electron chi connectivity index (χ3n) is 3.90. The molecule has 0 aromatic heterocycles. The summed E-state index contributed by atoms with van der Waals surface area (Å²) in [5.74, 6) is 0.591. The smallest absolute Gasteiger partial charge is 0.246 e. The zero-order valence-electron chi connectivity index (χ0n) is 11.2. The molecule has 2 N–H and O–H groups in total. The highest BCUT2D eigenvalue weighted by Crippen LogP contribution is 2.34. The zero-order valence-corrected chi connectivity index (χ0v) is 13.5. The van der Waals surface area contributed by atoms with Crippen LogP contribution in [0.15, 0.2) is 23.1 Å². The summed E-state index contributed by atoms with van der Waals surface area (Å²) < 4.78 is 26.9. The summed E-state index contributed by atoms with van der Waals surface area (Å²) in [7, 11) is -3.68. The van der Waals surface area contributed by atoms with Crippen molar-refractivity contribution >= 4 is 33.2 Å². The van der Waals surface area contributed by atoms with Crippen molar-refractivity contribution in [2.24, 2.45) is 17.6 Å². The lowest BCUT2D eigenvalue weighted by Crippen LogP contribution is -2.45. The van der Waals surface area contributed by atoms with Crippen LogP contribution in [0.1, 0.15) is 13.3 Å². The van der Waals surface area contributed by atoms with E-state index in [1.54, 1.807) is 6.07 Å². The first-order valence-corrected chi connectivity index (χ1v) is 8.71. The summed E-state index contributed by atoms with van der Waals surface area (Å²) in [6.07, 6.45) is 0.795. The van der Waals surface area contributed by atoms with E-state index in [0.29, 0.717) is 25.6 Å². The summed E-state index contributed by atoms with van der Waals surface area (Å²) >= 11 is 12.0.